The minimum absolute atomic E-state index is 0.749. The fourth-order valence-electron chi connectivity index (χ4n) is 1.63. The molecule has 3 N–H and O–H groups in total. The second-order valence-corrected chi connectivity index (χ2v) is 7.35. The van der Waals surface area contributed by atoms with Crippen molar-refractivity contribution in [2.24, 2.45) is 5.73 Å². The third kappa shape index (κ3) is 6.27. The van der Waals surface area contributed by atoms with E-state index in [1.807, 2.05) is 0 Å². The van der Waals surface area contributed by atoms with Crippen molar-refractivity contribution in [3.63, 3.8) is 0 Å². The molecule has 0 radical (unpaired) electrons. The highest BCUT2D eigenvalue weighted by atomic mass is 28.4. The molecule has 0 spiro atoms. The van der Waals surface area contributed by atoms with Gasteiger partial charge < -0.3 is 19.9 Å². The standard InChI is InChI=1S/C10H26N2O2Si/c1-4-9-15(13-2,14-3)10-8-12-7-5-6-11/h12H,4-11H2,1-3H3. The Bertz CT molecular complexity index is 143. The van der Waals surface area contributed by atoms with E-state index >= 15 is 0 Å². The third-order valence-electron chi connectivity index (χ3n) is 2.62. The van der Waals surface area contributed by atoms with Crippen molar-refractivity contribution in [3.05, 3.63) is 0 Å². The lowest BCUT2D eigenvalue weighted by Crippen LogP contribution is -2.42. The average molecular weight is 234 g/mol. The summed E-state index contributed by atoms with van der Waals surface area (Å²) in [6.45, 7) is 4.87. The minimum atomic E-state index is -1.90. The van der Waals surface area contributed by atoms with Crippen LogP contribution in [0.25, 0.3) is 0 Å². The van der Waals surface area contributed by atoms with E-state index in [9.17, 15) is 0 Å². The Balaban J connectivity index is 3.74. The van der Waals surface area contributed by atoms with E-state index in [2.05, 4.69) is 12.2 Å². The van der Waals surface area contributed by atoms with Gasteiger partial charge in [0.05, 0.1) is 0 Å². The fraction of sp³-hybridized carbons (Fsp3) is 1.00. The molecule has 0 amide bonds. The van der Waals surface area contributed by atoms with Crippen LogP contribution in [0.2, 0.25) is 12.1 Å². The van der Waals surface area contributed by atoms with E-state index in [1.165, 1.54) is 0 Å². The summed E-state index contributed by atoms with van der Waals surface area (Å²) >= 11 is 0. The Morgan fingerprint density at radius 1 is 1.13 bits per heavy atom. The largest absolute Gasteiger partial charge is 0.398 e. The number of nitrogens with one attached hydrogen (secondary N) is 1. The van der Waals surface area contributed by atoms with E-state index in [-0.39, 0.29) is 0 Å². The van der Waals surface area contributed by atoms with Gasteiger partial charge in [0, 0.05) is 20.3 Å². The topological polar surface area (TPSA) is 56.5 Å². The van der Waals surface area contributed by atoms with Crippen LogP contribution in [-0.4, -0.2) is 42.4 Å². The highest BCUT2D eigenvalue weighted by molar-refractivity contribution is 6.67. The second kappa shape index (κ2) is 9.29. The highest BCUT2D eigenvalue weighted by Crippen LogP contribution is 2.18. The van der Waals surface area contributed by atoms with Gasteiger partial charge in [-0.3, -0.25) is 0 Å². The van der Waals surface area contributed by atoms with Crippen molar-refractivity contribution < 1.29 is 8.85 Å². The van der Waals surface area contributed by atoms with Crippen molar-refractivity contribution in [3.8, 4) is 0 Å². The summed E-state index contributed by atoms with van der Waals surface area (Å²) in [6, 6.07) is 2.08. The quantitative estimate of drug-likeness (QED) is 0.438. The van der Waals surface area contributed by atoms with Crippen LogP contribution in [0.4, 0.5) is 0 Å². The molecule has 0 aliphatic carbocycles. The Labute approximate surface area is 94.8 Å². The van der Waals surface area contributed by atoms with Gasteiger partial charge in [0.2, 0.25) is 0 Å². The van der Waals surface area contributed by atoms with E-state index in [0.717, 1.165) is 44.6 Å². The first-order valence-electron chi connectivity index (χ1n) is 5.75. The molecule has 0 aromatic carbocycles. The molecule has 0 fully saturated rings. The zero-order valence-electron chi connectivity index (χ0n) is 10.3. The molecule has 15 heavy (non-hydrogen) atoms. The SMILES string of the molecule is CCC[Si](CCNCCCN)(OC)OC. The average Bonchev–Trinajstić information content (AvgIpc) is 2.27. The second-order valence-electron chi connectivity index (χ2n) is 3.71. The number of rotatable bonds is 10. The summed E-state index contributed by atoms with van der Waals surface area (Å²) in [5.41, 5.74) is 5.42. The van der Waals surface area contributed by atoms with Crippen molar-refractivity contribution >= 4 is 8.56 Å². The van der Waals surface area contributed by atoms with Crippen molar-refractivity contribution in [2.75, 3.05) is 33.9 Å². The van der Waals surface area contributed by atoms with Crippen LogP contribution in [0, 0.1) is 0 Å². The van der Waals surface area contributed by atoms with Gasteiger partial charge in [0.1, 0.15) is 0 Å². The molecule has 0 bridgehead atoms. The maximum Gasteiger partial charge on any atom is 0.338 e. The van der Waals surface area contributed by atoms with Gasteiger partial charge in [-0.1, -0.05) is 13.3 Å². The Morgan fingerprint density at radius 2 is 1.80 bits per heavy atom. The van der Waals surface area contributed by atoms with Crippen molar-refractivity contribution in [1.82, 2.24) is 5.32 Å². The molecular formula is C10H26N2O2Si. The lowest BCUT2D eigenvalue weighted by atomic mass is 10.4. The molecule has 4 nitrogen and oxygen atoms in total. The summed E-state index contributed by atoms with van der Waals surface area (Å²) < 4.78 is 11.2. The van der Waals surface area contributed by atoms with E-state index in [4.69, 9.17) is 14.6 Å². The number of hydrogen-bond donors (Lipinski definition) is 2. The molecule has 0 saturated carbocycles. The van der Waals surface area contributed by atoms with Crippen LogP contribution in [0.15, 0.2) is 0 Å². The summed E-state index contributed by atoms with van der Waals surface area (Å²) in [5.74, 6) is 0. The maximum atomic E-state index is 5.59. The van der Waals surface area contributed by atoms with Gasteiger partial charge >= 0.3 is 8.56 Å². The van der Waals surface area contributed by atoms with Gasteiger partial charge in [-0.15, -0.1) is 0 Å². The van der Waals surface area contributed by atoms with Gasteiger partial charge in [0.15, 0.2) is 0 Å². The molecule has 5 heteroatoms. The van der Waals surface area contributed by atoms with Gasteiger partial charge in [0.25, 0.3) is 0 Å². The Morgan fingerprint density at radius 3 is 2.27 bits per heavy atom. The third-order valence-corrected chi connectivity index (χ3v) is 6.38. The van der Waals surface area contributed by atoms with Crippen LogP contribution >= 0.6 is 0 Å². The molecule has 0 heterocycles. The molecule has 0 rings (SSSR count). The summed E-state index contributed by atoms with van der Waals surface area (Å²) in [7, 11) is 1.64. The zero-order valence-corrected chi connectivity index (χ0v) is 11.3. The van der Waals surface area contributed by atoms with E-state index < -0.39 is 8.56 Å². The summed E-state index contributed by atoms with van der Waals surface area (Å²) in [6.07, 6.45) is 2.15. The molecule has 0 unspecified atom stereocenters. The zero-order chi connectivity index (χ0) is 11.6. The van der Waals surface area contributed by atoms with Gasteiger partial charge in [-0.25, -0.2) is 0 Å². The Kier molecular flexibility index (Phi) is 9.33. The maximum absolute atomic E-state index is 5.59. The molecule has 0 saturated heterocycles. The molecule has 0 aromatic heterocycles. The van der Waals surface area contributed by atoms with E-state index in [0.29, 0.717) is 0 Å². The van der Waals surface area contributed by atoms with Crippen LogP contribution in [0.5, 0.6) is 0 Å². The minimum Gasteiger partial charge on any atom is -0.398 e. The summed E-state index contributed by atoms with van der Waals surface area (Å²) in [4.78, 5) is 0. The van der Waals surface area contributed by atoms with Crippen LogP contribution in [-0.2, 0) is 8.85 Å². The number of nitrogens with two attached hydrogens (primary N) is 1. The molecule has 0 aliphatic rings. The monoisotopic (exact) mass is 234 g/mol. The smallest absolute Gasteiger partial charge is 0.338 e. The molecular weight excluding hydrogens is 208 g/mol. The predicted octanol–water partition coefficient (Wildman–Crippen LogP) is 1.07. The predicted molar refractivity (Wildman–Crippen MR) is 66.2 cm³/mol. The number of hydrogen-bond acceptors (Lipinski definition) is 4. The first kappa shape index (κ1) is 15.1. The van der Waals surface area contributed by atoms with Crippen molar-refractivity contribution in [2.45, 2.75) is 31.9 Å². The van der Waals surface area contributed by atoms with Gasteiger partial charge in [-0.2, -0.15) is 0 Å². The molecule has 0 aromatic rings. The fourth-order valence-corrected chi connectivity index (χ4v) is 4.18. The lowest BCUT2D eigenvalue weighted by molar-refractivity contribution is 0.240. The van der Waals surface area contributed by atoms with Gasteiger partial charge in [-0.05, 0) is 32.1 Å². The molecule has 0 atom stereocenters. The lowest BCUT2D eigenvalue weighted by Gasteiger charge is -2.27. The highest BCUT2D eigenvalue weighted by Gasteiger charge is 2.33. The van der Waals surface area contributed by atoms with E-state index in [1.54, 1.807) is 14.2 Å². The van der Waals surface area contributed by atoms with Crippen LogP contribution < -0.4 is 11.1 Å². The molecule has 0 aliphatic heterocycles. The van der Waals surface area contributed by atoms with Crippen LogP contribution in [0.1, 0.15) is 19.8 Å². The van der Waals surface area contributed by atoms with Crippen LogP contribution in [0.3, 0.4) is 0 Å². The van der Waals surface area contributed by atoms with Crippen molar-refractivity contribution in [1.29, 1.82) is 0 Å². The summed E-state index contributed by atoms with van der Waals surface area (Å²) in [5, 5.41) is 3.36. The normalized spacial score (nSPS) is 12.0. The first-order valence-corrected chi connectivity index (χ1v) is 7.99. The Hall–Kier alpha value is 0.0569. The first-order chi connectivity index (χ1) is 7.24. The molecule has 92 valence electrons.